The summed E-state index contributed by atoms with van der Waals surface area (Å²) < 4.78 is 63.9. The smallest absolute Gasteiger partial charge is 0.419 e. The van der Waals surface area contributed by atoms with Crippen molar-refractivity contribution in [1.29, 1.82) is 0 Å². The molecule has 0 aliphatic rings. The summed E-state index contributed by atoms with van der Waals surface area (Å²) in [6, 6.07) is 3.99. The van der Waals surface area contributed by atoms with Crippen molar-refractivity contribution in [1.82, 2.24) is 4.90 Å². The van der Waals surface area contributed by atoms with Gasteiger partial charge in [0.15, 0.2) is 11.5 Å². The monoisotopic (exact) mass is 387 g/mol. The van der Waals surface area contributed by atoms with Gasteiger partial charge in [-0.1, -0.05) is 6.07 Å². The van der Waals surface area contributed by atoms with Crippen LogP contribution < -0.4 is 9.47 Å². The quantitative estimate of drug-likeness (QED) is 0.745. The van der Waals surface area contributed by atoms with Gasteiger partial charge in [0, 0.05) is 6.54 Å². The standard InChI is InChI=1S/C20H31NO6/c1-19(2,3)26-17(22)21(18(23)27-20(4,5)6)12-11-14-9-10-15(24-7)16(13-14)25-8/h9-10,13H,11-12H2,1-8H3/i7D3,8D3. The largest absolute Gasteiger partial charge is 0.493 e. The van der Waals surface area contributed by atoms with Crippen LogP contribution in [0.4, 0.5) is 9.59 Å². The fourth-order valence-corrected chi connectivity index (χ4v) is 2.00. The normalized spacial score (nSPS) is 15.8. The first kappa shape index (κ1) is 14.6. The molecule has 0 aromatic heterocycles. The summed E-state index contributed by atoms with van der Waals surface area (Å²) in [5.41, 5.74) is -1.26. The average molecular weight is 388 g/mol. The molecule has 1 aromatic carbocycles. The van der Waals surface area contributed by atoms with Crippen LogP contribution >= 0.6 is 0 Å². The first-order valence-corrected chi connectivity index (χ1v) is 8.40. The molecule has 0 saturated heterocycles. The van der Waals surface area contributed by atoms with E-state index in [1.54, 1.807) is 41.5 Å². The molecule has 0 spiro atoms. The van der Waals surface area contributed by atoms with Crippen molar-refractivity contribution in [3.63, 3.8) is 0 Å². The maximum atomic E-state index is 12.6. The summed E-state index contributed by atoms with van der Waals surface area (Å²) in [6.45, 7) is 9.76. The van der Waals surface area contributed by atoms with E-state index >= 15 is 0 Å². The number of carbonyl (C=O) groups is 2. The highest BCUT2D eigenvalue weighted by atomic mass is 16.6. The highest BCUT2D eigenvalue weighted by Crippen LogP contribution is 2.28. The van der Waals surface area contributed by atoms with Gasteiger partial charge in [0.2, 0.25) is 0 Å². The molecule has 0 bridgehead atoms. The molecule has 0 fully saturated rings. The third-order valence-corrected chi connectivity index (χ3v) is 3.08. The topological polar surface area (TPSA) is 74.3 Å². The van der Waals surface area contributed by atoms with Crippen LogP contribution in [0.3, 0.4) is 0 Å². The Balaban J connectivity index is 3.17. The van der Waals surface area contributed by atoms with Gasteiger partial charge in [0.05, 0.1) is 22.3 Å². The fraction of sp³-hybridized carbons (Fsp3) is 0.600. The Morgan fingerprint density at radius 3 is 1.93 bits per heavy atom. The van der Waals surface area contributed by atoms with E-state index in [4.69, 9.17) is 27.2 Å². The van der Waals surface area contributed by atoms with E-state index in [0.29, 0.717) is 5.56 Å². The predicted molar refractivity (Wildman–Crippen MR) is 102 cm³/mol. The Hall–Kier alpha value is -2.44. The molecule has 0 radical (unpaired) electrons. The molecule has 7 heteroatoms. The van der Waals surface area contributed by atoms with Crippen molar-refractivity contribution in [2.75, 3.05) is 20.6 Å². The number of methoxy groups -OCH3 is 2. The molecule has 2 amide bonds. The Bertz CT molecular complexity index is 811. The predicted octanol–water partition coefficient (Wildman–Crippen LogP) is 4.42. The van der Waals surface area contributed by atoms with Gasteiger partial charge in [-0.05, 0) is 65.7 Å². The summed E-state index contributed by atoms with van der Waals surface area (Å²) in [4.78, 5) is 26.0. The van der Waals surface area contributed by atoms with E-state index in [0.717, 1.165) is 4.90 Å². The van der Waals surface area contributed by atoms with Gasteiger partial charge < -0.3 is 18.9 Å². The van der Waals surface area contributed by atoms with E-state index in [9.17, 15) is 9.59 Å². The van der Waals surface area contributed by atoms with Crippen LogP contribution in [0.2, 0.25) is 0 Å². The minimum atomic E-state index is -2.86. The number of amides is 2. The molecule has 1 aromatic rings. The molecular weight excluding hydrogens is 350 g/mol. The summed E-state index contributed by atoms with van der Waals surface area (Å²) >= 11 is 0. The maximum Gasteiger partial charge on any atom is 0.419 e. The van der Waals surface area contributed by atoms with Gasteiger partial charge in [-0.3, -0.25) is 0 Å². The van der Waals surface area contributed by atoms with E-state index in [-0.39, 0.29) is 24.5 Å². The van der Waals surface area contributed by atoms with Crippen LogP contribution in [0.15, 0.2) is 18.2 Å². The molecule has 1 rings (SSSR count). The number of nitrogens with zero attached hydrogens (tertiary/aromatic N) is 1. The van der Waals surface area contributed by atoms with Crippen molar-refractivity contribution in [2.45, 2.75) is 59.2 Å². The molecule has 0 unspecified atom stereocenters. The molecule has 0 heterocycles. The third kappa shape index (κ3) is 7.76. The lowest BCUT2D eigenvalue weighted by atomic mass is 10.1. The third-order valence-electron chi connectivity index (χ3n) is 3.08. The van der Waals surface area contributed by atoms with Gasteiger partial charge >= 0.3 is 12.2 Å². The Morgan fingerprint density at radius 1 is 0.926 bits per heavy atom. The maximum absolute atomic E-state index is 12.6. The zero-order valence-corrected chi connectivity index (χ0v) is 16.5. The molecule has 0 atom stereocenters. The highest BCUT2D eigenvalue weighted by molar-refractivity contribution is 5.88. The number of ether oxygens (including phenoxy) is 4. The van der Waals surface area contributed by atoms with Gasteiger partial charge in [-0.2, -0.15) is 0 Å². The summed E-state index contributed by atoms with van der Waals surface area (Å²) in [7, 11) is -5.68. The van der Waals surface area contributed by atoms with Crippen molar-refractivity contribution in [3.8, 4) is 11.5 Å². The molecule has 0 saturated carbocycles. The summed E-state index contributed by atoms with van der Waals surface area (Å²) in [5, 5.41) is 0. The van der Waals surface area contributed by atoms with Gasteiger partial charge in [0.25, 0.3) is 0 Å². The summed E-state index contributed by atoms with van der Waals surface area (Å²) in [6.07, 6.45) is -1.74. The number of benzene rings is 1. The van der Waals surface area contributed by atoms with E-state index in [2.05, 4.69) is 0 Å². The van der Waals surface area contributed by atoms with Crippen molar-refractivity contribution in [2.24, 2.45) is 0 Å². The zero-order valence-electron chi connectivity index (χ0n) is 22.5. The lowest BCUT2D eigenvalue weighted by Crippen LogP contribution is -2.44. The fourth-order valence-electron chi connectivity index (χ4n) is 2.00. The van der Waals surface area contributed by atoms with Crippen molar-refractivity contribution in [3.05, 3.63) is 23.8 Å². The Labute approximate surface area is 170 Å². The molecule has 152 valence electrons. The van der Waals surface area contributed by atoms with E-state index < -0.39 is 37.5 Å². The molecule has 0 N–H and O–H groups in total. The number of rotatable bonds is 5. The number of hydrogen-bond donors (Lipinski definition) is 0. The van der Waals surface area contributed by atoms with E-state index in [1.807, 2.05) is 0 Å². The van der Waals surface area contributed by atoms with Crippen LogP contribution in [0.5, 0.6) is 11.5 Å². The Morgan fingerprint density at radius 2 is 1.44 bits per heavy atom. The second kappa shape index (κ2) is 8.97. The number of imide groups is 1. The SMILES string of the molecule is [2H]C([2H])([2H])Oc1ccc(CCN(C(=O)OC(C)(C)C)C(=O)OC(C)(C)C)cc1OC([2H])([2H])[2H]. The highest BCUT2D eigenvalue weighted by Gasteiger charge is 2.30. The molecule has 27 heavy (non-hydrogen) atoms. The molecular formula is C20H31NO6. The lowest BCUT2D eigenvalue weighted by molar-refractivity contribution is 0.00171. The van der Waals surface area contributed by atoms with Crippen LogP contribution in [0.25, 0.3) is 0 Å². The van der Waals surface area contributed by atoms with Crippen LogP contribution in [-0.4, -0.2) is 48.9 Å². The first-order chi connectivity index (χ1) is 14.7. The average Bonchev–Trinajstić information content (AvgIpc) is 2.51. The minimum absolute atomic E-state index is 0.0733. The number of hydrogen-bond acceptors (Lipinski definition) is 6. The lowest BCUT2D eigenvalue weighted by Gasteiger charge is -2.28. The second-order valence-electron chi connectivity index (χ2n) is 7.85. The molecule has 0 aliphatic carbocycles. The van der Waals surface area contributed by atoms with Crippen LogP contribution in [-0.2, 0) is 15.9 Å². The molecule has 7 nitrogen and oxygen atoms in total. The van der Waals surface area contributed by atoms with Gasteiger partial charge in [-0.15, -0.1) is 0 Å². The van der Waals surface area contributed by atoms with Crippen molar-refractivity contribution < 1.29 is 36.8 Å². The molecule has 0 aliphatic heterocycles. The number of carbonyl (C=O) groups excluding carboxylic acids is 2. The van der Waals surface area contributed by atoms with Crippen LogP contribution in [0, 0.1) is 0 Å². The zero-order chi connectivity index (χ0) is 25.8. The summed E-state index contributed by atoms with van der Waals surface area (Å²) in [5.74, 6) is -0.601. The minimum Gasteiger partial charge on any atom is -0.493 e. The van der Waals surface area contributed by atoms with Gasteiger partial charge in [-0.25, -0.2) is 14.5 Å². The van der Waals surface area contributed by atoms with Crippen molar-refractivity contribution >= 4 is 12.2 Å². The van der Waals surface area contributed by atoms with E-state index in [1.165, 1.54) is 18.2 Å². The second-order valence-corrected chi connectivity index (χ2v) is 7.85. The first-order valence-electron chi connectivity index (χ1n) is 11.4. The van der Waals surface area contributed by atoms with Gasteiger partial charge in [0.1, 0.15) is 11.2 Å². The van der Waals surface area contributed by atoms with Crippen LogP contribution in [0.1, 0.15) is 55.3 Å². The Kier molecular flexibility index (Phi) is 4.85.